The Balaban J connectivity index is 0.000000505. The molecule has 8 nitrogen and oxygen atoms in total. The number of carbonyl (C=O) groups excluding carboxylic acids is 1. The number of aromatic carboxylic acids is 1. The molecular weight excluding hydrogens is 527 g/mol. The van der Waals surface area contributed by atoms with Crippen LogP contribution in [0, 0.1) is 5.92 Å². The maximum absolute atomic E-state index is 12.6. The molecular formula is C26H29ClF3N3O5. The van der Waals surface area contributed by atoms with Crippen LogP contribution in [0.25, 0.3) is 0 Å². The minimum absolute atomic E-state index is 0.207. The highest BCUT2D eigenvalue weighted by Gasteiger charge is 2.38. The smallest absolute Gasteiger partial charge is 0.478 e. The summed E-state index contributed by atoms with van der Waals surface area (Å²) in [4.78, 5) is 38.2. The number of rotatable bonds is 6. The van der Waals surface area contributed by atoms with Gasteiger partial charge in [-0.1, -0.05) is 23.7 Å². The Bertz CT molecular complexity index is 1160. The second-order valence-corrected chi connectivity index (χ2v) is 9.64. The molecule has 0 aromatic heterocycles. The first-order valence-electron chi connectivity index (χ1n) is 12.2. The number of carboxylic acid groups (broad SMARTS) is 2. The molecule has 0 radical (unpaired) electrons. The van der Waals surface area contributed by atoms with E-state index in [2.05, 4.69) is 15.1 Å². The largest absolute Gasteiger partial charge is 0.490 e. The molecule has 2 aliphatic rings. The third-order valence-corrected chi connectivity index (χ3v) is 6.75. The lowest BCUT2D eigenvalue weighted by Gasteiger charge is -2.36. The summed E-state index contributed by atoms with van der Waals surface area (Å²) < 4.78 is 31.7. The molecule has 206 valence electrons. The Morgan fingerprint density at radius 1 is 0.974 bits per heavy atom. The zero-order valence-electron chi connectivity index (χ0n) is 20.5. The lowest BCUT2D eigenvalue weighted by Crippen LogP contribution is -2.41. The molecule has 2 aromatic carbocycles. The zero-order valence-corrected chi connectivity index (χ0v) is 21.3. The van der Waals surface area contributed by atoms with Crippen molar-refractivity contribution in [3.05, 3.63) is 58.6 Å². The van der Waals surface area contributed by atoms with Gasteiger partial charge in [-0.3, -0.25) is 4.79 Å². The fourth-order valence-corrected chi connectivity index (χ4v) is 4.89. The Hall–Kier alpha value is -3.31. The Kier molecular flexibility index (Phi) is 9.98. The number of carboxylic acids is 2. The van der Waals surface area contributed by atoms with Crippen LogP contribution in [-0.4, -0.2) is 71.9 Å². The number of piperidine rings is 1. The third-order valence-electron chi connectivity index (χ3n) is 6.42. The normalized spacial score (nSPS) is 17.9. The second-order valence-electron chi connectivity index (χ2n) is 9.24. The monoisotopic (exact) mass is 555 g/mol. The predicted molar refractivity (Wildman–Crippen MR) is 137 cm³/mol. The number of hydrogen-bond donors (Lipinski definition) is 3. The number of anilines is 2. The lowest BCUT2D eigenvalue weighted by molar-refractivity contribution is -0.192. The molecule has 3 N–H and O–H groups in total. The van der Waals surface area contributed by atoms with Crippen molar-refractivity contribution in [1.82, 2.24) is 4.90 Å². The van der Waals surface area contributed by atoms with E-state index in [-0.39, 0.29) is 11.5 Å². The van der Waals surface area contributed by atoms with Crippen molar-refractivity contribution >= 4 is 40.8 Å². The Morgan fingerprint density at radius 3 is 2.24 bits per heavy atom. The van der Waals surface area contributed by atoms with Crippen molar-refractivity contribution in [3.8, 4) is 0 Å². The first-order chi connectivity index (χ1) is 18.0. The van der Waals surface area contributed by atoms with Gasteiger partial charge in [0.1, 0.15) is 0 Å². The molecule has 2 aromatic rings. The summed E-state index contributed by atoms with van der Waals surface area (Å²) in [6.07, 6.45) is -0.286. The van der Waals surface area contributed by atoms with Crippen LogP contribution in [0.15, 0.2) is 42.5 Å². The number of hydrogen-bond acceptors (Lipinski definition) is 5. The van der Waals surface area contributed by atoms with Gasteiger partial charge in [0.05, 0.1) is 21.8 Å². The summed E-state index contributed by atoms with van der Waals surface area (Å²) in [5.74, 6) is -3.57. The van der Waals surface area contributed by atoms with Crippen LogP contribution in [0.1, 0.15) is 46.4 Å². The molecule has 38 heavy (non-hydrogen) atoms. The van der Waals surface area contributed by atoms with Crippen molar-refractivity contribution in [3.63, 3.8) is 0 Å². The topological polar surface area (TPSA) is 110 Å². The number of carbonyl (C=O) groups is 3. The maximum atomic E-state index is 12.6. The third kappa shape index (κ3) is 8.09. The first kappa shape index (κ1) is 29.2. The Morgan fingerprint density at radius 2 is 1.63 bits per heavy atom. The van der Waals surface area contributed by atoms with E-state index in [9.17, 15) is 27.9 Å². The highest BCUT2D eigenvalue weighted by atomic mass is 35.5. The Labute approximate surface area is 223 Å². The molecule has 0 bridgehead atoms. The summed E-state index contributed by atoms with van der Waals surface area (Å²) in [5, 5.41) is 20.1. The molecule has 1 atom stereocenters. The molecule has 4 rings (SSSR count). The number of halogens is 4. The van der Waals surface area contributed by atoms with Gasteiger partial charge < -0.3 is 25.3 Å². The second kappa shape index (κ2) is 13.0. The van der Waals surface area contributed by atoms with Gasteiger partial charge in [-0.15, -0.1) is 0 Å². The van der Waals surface area contributed by atoms with E-state index in [0.717, 1.165) is 31.7 Å². The van der Waals surface area contributed by atoms with Crippen LogP contribution < -0.4 is 10.2 Å². The van der Waals surface area contributed by atoms with Crippen LogP contribution in [0.2, 0.25) is 5.02 Å². The van der Waals surface area contributed by atoms with Crippen LogP contribution in [0.4, 0.5) is 24.5 Å². The van der Waals surface area contributed by atoms with Crippen LogP contribution in [0.3, 0.4) is 0 Å². The minimum atomic E-state index is -5.08. The van der Waals surface area contributed by atoms with Gasteiger partial charge in [0.15, 0.2) is 0 Å². The molecule has 2 fully saturated rings. The average Bonchev–Trinajstić information content (AvgIpc) is 3.37. The molecule has 12 heteroatoms. The maximum Gasteiger partial charge on any atom is 0.490 e. The van der Waals surface area contributed by atoms with E-state index < -0.39 is 18.1 Å². The highest BCUT2D eigenvalue weighted by molar-refractivity contribution is 6.34. The summed E-state index contributed by atoms with van der Waals surface area (Å²) in [6.45, 7) is 5.16. The van der Waals surface area contributed by atoms with Gasteiger partial charge >= 0.3 is 18.1 Å². The van der Waals surface area contributed by atoms with Gasteiger partial charge in [-0.25, -0.2) is 9.59 Å². The standard InChI is InChI=1S/C24H28ClN3O3.C2HF3O2/c25-21-8-2-1-7-19(21)23(29)26-18-9-10-22(20(14-18)24(30)31)28-13-5-6-17(16-28)15-27-11-3-4-12-27;3-2(4,5)1(6)7/h1-2,7-10,14,17H,3-6,11-13,15-16H2,(H,26,29)(H,30,31);(H,6,7). The van der Waals surface area contributed by atoms with Gasteiger partial charge in [0, 0.05) is 25.3 Å². The van der Waals surface area contributed by atoms with Gasteiger partial charge in [-0.2, -0.15) is 13.2 Å². The molecule has 2 aliphatic heterocycles. The summed E-state index contributed by atoms with van der Waals surface area (Å²) >= 11 is 6.10. The number of likely N-dealkylation sites (tertiary alicyclic amines) is 1. The van der Waals surface area contributed by atoms with Crippen molar-refractivity contribution < 1.29 is 37.8 Å². The molecule has 2 heterocycles. The van der Waals surface area contributed by atoms with Crippen LogP contribution in [0.5, 0.6) is 0 Å². The summed E-state index contributed by atoms with van der Waals surface area (Å²) in [6, 6.07) is 11.9. The molecule has 1 unspecified atom stereocenters. The highest BCUT2D eigenvalue weighted by Crippen LogP contribution is 2.30. The summed E-state index contributed by atoms with van der Waals surface area (Å²) in [5.41, 5.74) is 1.72. The average molecular weight is 556 g/mol. The predicted octanol–water partition coefficient (Wildman–Crippen LogP) is 5.24. The number of amides is 1. The fraction of sp³-hybridized carbons (Fsp3) is 0.423. The minimum Gasteiger partial charge on any atom is -0.478 e. The number of nitrogens with zero attached hydrogens (tertiary/aromatic N) is 2. The van der Waals surface area contributed by atoms with E-state index in [1.807, 2.05) is 6.07 Å². The van der Waals surface area contributed by atoms with Crippen LogP contribution in [-0.2, 0) is 4.79 Å². The van der Waals surface area contributed by atoms with Crippen molar-refractivity contribution in [2.45, 2.75) is 31.9 Å². The quantitative estimate of drug-likeness (QED) is 0.447. The van der Waals surface area contributed by atoms with Gasteiger partial charge in [-0.05, 0) is 75.0 Å². The van der Waals surface area contributed by atoms with Crippen molar-refractivity contribution in [2.75, 3.05) is 42.9 Å². The zero-order chi connectivity index (χ0) is 27.9. The van der Waals surface area contributed by atoms with E-state index in [4.69, 9.17) is 21.5 Å². The molecule has 2 saturated heterocycles. The van der Waals surface area contributed by atoms with Crippen molar-refractivity contribution in [2.24, 2.45) is 5.92 Å². The molecule has 0 saturated carbocycles. The SMILES string of the molecule is O=C(Nc1ccc(N2CCCC(CN3CCCC3)C2)c(C(=O)O)c1)c1ccccc1Cl.O=C(O)C(F)(F)F. The van der Waals surface area contributed by atoms with E-state index >= 15 is 0 Å². The number of benzene rings is 2. The number of nitrogens with one attached hydrogen (secondary N) is 1. The molecule has 1 amide bonds. The van der Waals surface area contributed by atoms with Crippen molar-refractivity contribution in [1.29, 1.82) is 0 Å². The fourth-order valence-electron chi connectivity index (χ4n) is 4.67. The number of alkyl halides is 3. The van der Waals surface area contributed by atoms with E-state index in [1.54, 1.807) is 30.3 Å². The summed E-state index contributed by atoms with van der Waals surface area (Å²) in [7, 11) is 0. The molecule has 0 aliphatic carbocycles. The first-order valence-corrected chi connectivity index (χ1v) is 12.5. The van der Waals surface area contributed by atoms with Gasteiger partial charge in [0.25, 0.3) is 5.91 Å². The molecule has 0 spiro atoms. The number of aliphatic carboxylic acids is 1. The van der Waals surface area contributed by atoms with E-state index in [1.165, 1.54) is 38.4 Å². The van der Waals surface area contributed by atoms with E-state index in [0.29, 0.717) is 22.2 Å². The van der Waals surface area contributed by atoms with Gasteiger partial charge in [0.2, 0.25) is 0 Å². The van der Waals surface area contributed by atoms with Crippen LogP contribution >= 0.6 is 11.6 Å². The lowest BCUT2D eigenvalue weighted by atomic mass is 9.96.